The summed E-state index contributed by atoms with van der Waals surface area (Å²) in [4.78, 5) is 0. The molecule has 1 saturated carbocycles. The molecule has 2 heteroatoms. The number of hydrogen-bond acceptors (Lipinski definition) is 2. The smallest absolute Gasteiger partial charge is 0.0612 e. The second-order valence-corrected chi connectivity index (χ2v) is 5.34. The second kappa shape index (κ2) is 3.97. The van der Waals surface area contributed by atoms with Crippen LogP contribution in [0.25, 0.3) is 0 Å². The molecule has 0 bridgehead atoms. The van der Waals surface area contributed by atoms with Crippen LogP contribution in [-0.2, 0) is 4.74 Å². The van der Waals surface area contributed by atoms with Crippen molar-refractivity contribution < 1.29 is 4.74 Å². The van der Waals surface area contributed by atoms with Crippen molar-refractivity contribution in [1.29, 1.82) is 0 Å². The molecule has 0 radical (unpaired) electrons. The Morgan fingerprint density at radius 3 is 2.15 bits per heavy atom. The average Bonchev–Trinajstić information content (AvgIpc) is 1.78. The fourth-order valence-electron chi connectivity index (χ4n) is 1.77. The van der Waals surface area contributed by atoms with E-state index < -0.39 is 0 Å². The minimum atomic E-state index is 0.0213. The molecule has 0 saturated heterocycles. The van der Waals surface area contributed by atoms with Gasteiger partial charge in [-0.05, 0) is 33.6 Å². The second-order valence-electron chi connectivity index (χ2n) is 5.34. The standard InChI is InChI=1S/C11H23NO/c1-8(2)12-9-6-10(7-9)13-11(3,4)5/h8-10,12H,6-7H2,1-5H3/t9-,10+. The van der Waals surface area contributed by atoms with Crippen molar-refractivity contribution in [3.8, 4) is 0 Å². The zero-order chi connectivity index (χ0) is 10.1. The van der Waals surface area contributed by atoms with Crippen LogP contribution in [0.15, 0.2) is 0 Å². The first kappa shape index (κ1) is 11.0. The Bertz CT molecular complexity index is 154. The third-order valence-electron chi connectivity index (χ3n) is 2.18. The summed E-state index contributed by atoms with van der Waals surface area (Å²) in [6.07, 6.45) is 2.83. The molecular weight excluding hydrogens is 162 g/mol. The van der Waals surface area contributed by atoms with Gasteiger partial charge in [0, 0.05) is 12.1 Å². The van der Waals surface area contributed by atoms with Gasteiger partial charge < -0.3 is 10.1 Å². The van der Waals surface area contributed by atoms with E-state index in [2.05, 4.69) is 39.9 Å². The quantitative estimate of drug-likeness (QED) is 0.728. The Balaban J connectivity index is 2.12. The van der Waals surface area contributed by atoms with Gasteiger partial charge in [-0.1, -0.05) is 13.8 Å². The fraction of sp³-hybridized carbons (Fsp3) is 1.00. The van der Waals surface area contributed by atoms with Gasteiger partial charge in [-0.2, -0.15) is 0 Å². The van der Waals surface area contributed by atoms with Crippen molar-refractivity contribution in [3.05, 3.63) is 0 Å². The molecule has 13 heavy (non-hydrogen) atoms. The highest BCUT2D eigenvalue weighted by atomic mass is 16.5. The van der Waals surface area contributed by atoms with Crippen LogP contribution in [0.5, 0.6) is 0 Å². The molecule has 0 atom stereocenters. The highest BCUT2D eigenvalue weighted by molar-refractivity contribution is 4.88. The Kier molecular flexibility index (Phi) is 3.36. The maximum atomic E-state index is 5.85. The molecule has 1 rings (SSSR count). The third-order valence-corrected chi connectivity index (χ3v) is 2.18. The van der Waals surface area contributed by atoms with E-state index in [1.165, 1.54) is 12.8 Å². The van der Waals surface area contributed by atoms with Crippen molar-refractivity contribution in [2.24, 2.45) is 0 Å². The monoisotopic (exact) mass is 185 g/mol. The van der Waals surface area contributed by atoms with E-state index in [0.717, 1.165) is 0 Å². The topological polar surface area (TPSA) is 21.3 Å². The zero-order valence-corrected chi connectivity index (χ0v) is 9.55. The van der Waals surface area contributed by atoms with Gasteiger partial charge in [-0.3, -0.25) is 0 Å². The van der Waals surface area contributed by atoms with E-state index in [1.807, 2.05) is 0 Å². The van der Waals surface area contributed by atoms with Gasteiger partial charge in [0.05, 0.1) is 11.7 Å². The van der Waals surface area contributed by atoms with Crippen LogP contribution < -0.4 is 5.32 Å². The van der Waals surface area contributed by atoms with Gasteiger partial charge >= 0.3 is 0 Å². The molecule has 1 fully saturated rings. The Hall–Kier alpha value is -0.0800. The summed E-state index contributed by atoms with van der Waals surface area (Å²) in [7, 11) is 0. The van der Waals surface area contributed by atoms with Crippen LogP contribution in [0.2, 0.25) is 0 Å². The van der Waals surface area contributed by atoms with Gasteiger partial charge in [-0.25, -0.2) is 0 Å². The van der Waals surface area contributed by atoms with Gasteiger partial charge in [0.1, 0.15) is 0 Å². The summed E-state index contributed by atoms with van der Waals surface area (Å²) in [5.41, 5.74) is 0.0213. The van der Waals surface area contributed by atoms with Crippen molar-refractivity contribution in [2.45, 2.75) is 71.2 Å². The summed E-state index contributed by atoms with van der Waals surface area (Å²) in [5, 5.41) is 3.51. The summed E-state index contributed by atoms with van der Waals surface area (Å²) >= 11 is 0. The molecule has 0 spiro atoms. The zero-order valence-electron chi connectivity index (χ0n) is 9.55. The molecule has 0 aromatic heterocycles. The van der Waals surface area contributed by atoms with Gasteiger partial charge in [0.25, 0.3) is 0 Å². The normalized spacial score (nSPS) is 29.1. The lowest BCUT2D eigenvalue weighted by atomic mass is 9.88. The van der Waals surface area contributed by atoms with Crippen molar-refractivity contribution in [2.75, 3.05) is 0 Å². The number of hydrogen-bond donors (Lipinski definition) is 1. The Labute approximate surface area is 82.0 Å². The van der Waals surface area contributed by atoms with Crippen LogP contribution in [0, 0.1) is 0 Å². The first-order chi connectivity index (χ1) is 5.87. The summed E-state index contributed by atoms with van der Waals surface area (Å²) in [6, 6.07) is 1.29. The highest BCUT2D eigenvalue weighted by Crippen LogP contribution is 2.27. The molecule has 0 aromatic rings. The van der Waals surface area contributed by atoms with Crippen LogP contribution >= 0.6 is 0 Å². The van der Waals surface area contributed by atoms with E-state index in [-0.39, 0.29) is 5.60 Å². The van der Waals surface area contributed by atoms with Crippen LogP contribution in [0.1, 0.15) is 47.5 Å². The highest BCUT2D eigenvalue weighted by Gasteiger charge is 2.32. The van der Waals surface area contributed by atoms with Crippen LogP contribution in [0.4, 0.5) is 0 Å². The molecule has 0 amide bonds. The van der Waals surface area contributed by atoms with E-state index in [9.17, 15) is 0 Å². The Morgan fingerprint density at radius 2 is 1.77 bits per heavy atom. The van der Waals surface area contributed by atoms with Crippen LogP contribution in [-0.4, -0.2) is 23.8 Å². The Morgan fingerprint density at radius 1 is 1.23 bits per heavy atom. The number of ether oxygens (including phenoxy) is 1. The predicted octanol–water partition coefficient (Wildman–Crippen LogP) is 2.33. The van der Waals surface area contributed by atoms with Crippen molar-refractivity contribution in [3.63, 3.8) is 0 Å². The largest absolute Gasteiger partial charge is 0.373 e. The molecule has 78 valence electrons. The SMILES string of the molecule is CC(C)N[C@H]1C[C@@H](OC(C)(C)C)C1. The summed E-state index contributed by atoms with van der Waals surface area (Å²) in [5.74, 6) is 0. The predicted molar refractivity (Wildman–Crippen MR) is 55.9 cm³/mol. The lowest BCUT2D eigenvalue weighted by Crippen LogP contribution is -2.49. The first-order valence-electron chi connectivity index (χ1n) is 5.30. The minimum absolute atomic E-state index is 0.0213. The van der Waals surface area contributed by atoms with E-state index in [4.69, 9.17) is 4.74 Å². The average molecular weight is 185 g/mol. The van der Waals surface area contributed by atoms with E-state index in [1.54, 1.807) is 0 Å². The van der Waals surface area contributed by atoms with Crippen molar-refractivity contribution in [1.82, 2.24) is 5.32 Å². The maximum absolute atomic E-state index is 5.85. The third kappa shape index (κ3) is 4.10. The summed E-state index contributed by atoms with van der Waals surface area (Å²) < 4.78 is 5.85. The van der Waals surface area contributed by atoms with Crippen molar-refractivity contribution >= 4 is 0 Å². The molecule has 1 N–H and O–H groups in total. The van der Waals surface area contributed by atoms with E-state index >= 15 is 0 Å². The molecule has 0 aliphatic heterocycles. The number of rotatable bonds is 3. The molecule has 0 unspecified atom stereocenters. The number of nitrogens with one attached hydrogen (secondary N) is 1. The fourth-order valence-corrected chi connectivity index (χ4v) is 1.77. The van der Waals surface area contributed by atoms with Gasteiger partial charge in [-0.15, -0.1) is 0 Å². The maximum Gasteiger partial charge on any atom is 0.0612 e. The molecule has 1 aliphatic carbocycles. The molecule has 0 heterocycles. The molecule has 1 aliphatic rings. The molecule has 2 nitrogen and oxygen atoms in total. The molecule has 0 aromatic carbocycles. The van der Waals surface area contributed by atoms with E-state index in [0.29, 0.717) is 18.2 Å². The van der Waals surface area contributed by atoms with Gasteiger partial charge in [0.2, 0.25) is 0 Å². The lowest BCUT2D eigenvalue weighted by molar-refractivity contribution is -0.103. The lowest BCUT2D eigenvalue weighted by Gasteiger charge is -2.40. The first-order valence-corrected chi connectivity index (χ1v) is 5.30. The minimum Gasteiger partial charge on any atom is -0.373 e. The summed E-state index contributed by atoms with van der Waals surface area (Å²) in [6.45, 7) is 10.7. The molecular formula is C11H23NO. The van der Waals surface area contributed by atoms with Crippen LogP contribution in [0.3, 0.4) is 0 Å². The van der Waals surface area contributed by atoms with Gasteiger partial charge in [0.15, 0.2) is 0 Å².